The Kier molecular flexibility index (Phi) is 10.5. The predicted octanol–water partition coefficient (Wildman–Crippen LogP) is 0.275. The lowest BCUT2D eigenvalue weighted by molar-refractivity contribution is -0.345. The maximum Gasteiger partial charge on any atom is 1.00 e. The Hall–Kier alpha value is -1.47. The molecule has 2 amide bonds. The summed E-state index contributed by atoms with van der Waals surface area (Å²) in [6.45, 7) is 10.9. The van der Waals surface area contributed by atoms with E-state index < -0.39 is 25.7 Å². The Labute approximate surface area is 146 Å². The van der Waals surface area contributed by atoms with Crippen molar-refractivity contribution in [3.05, 3.63) is 25.3 Å². The van der Waals surface area contributed by atoms with Gasteiger partial charge in [-0.25, -0.2) is 0 Å². The lowest BCUT2D eigenvalue weighted by atomic mass is 10.2. The molecule has 24 heavy (non-hydrogen) atoms. The van der Waals surface area contributed by atoms with Gasteiger partial charge in [0, 0.05) is 26.2 Å². The smallest absolute Gasteiger partial charge is 0.790 e. The quantitative estimate of drug-likeness (QED) is 0.364. The van der Waals surface area contributed by atoms with Crippen LogP contribution in [0.3, 0.4) is 0 Å². The van der Waals surface area contributed by atoms with E-state index in [2.05, 4.69) is 17.7 Å². The third kappa shape index (κ3) is 8.98. The molecule has 0 fully saturated rings. The van der Waals surface area contributed by atoms with Crippen LogP contribution in [0.15, 0.2) is 25.3 Å². The average molecular weight is 362 g/mol. The van der Waals surface area contributed by atoms with E-state index in [-0.39, 0.29) is 15.9 Å². The largest absolute Gasteiger partial charge is 1.00 e. The molecule has 9 heteroatoms. The first-order chi connectivity index (χ1) is 11.2. The number of hydrogen-bond donors (Lipinski definition) is 0. The van der Waals surface area contributed by atoms with Gasteiger partial charge in [0.15, 0.2) is 0 Å². The van der Waals surface area contributed by atoms with Gasteiger partial charge in [0.25, 0.3) is 0 Å². The summed E-state index contributed by atoms with van der Waals surface area (Å²) in [5, 5.41) is 0. The molecule has 0 saturated carbocycles. The topological polar surface area (TPSA) is 113 Å². The Balaban J connectivity index is -0.00000264. The number of phosphoric ester groups is 1. The van der Waals surface area contributed by atoms with Crippen LogP contribution in [0.5, 0.6) is 0 Å². The van der Waals surface area contributed by atoms with E-state index >= 15 is 0 Å². The van der Waals surface area contributed by atoms with Gasteiger partial charge in [0.05, 0.1) is 13.9 Å². The van der Waals surface area contributed by atoms with E-state index in [1.807, 2.05) is 13.8 Å². The minimum Gasteiger partial charge on any atom is -0.790 e. The summed E-state index contributed by atoms with van der Waals surface area (Å²) in [6, 6.07) is 0. The van der Waals surface area contributed by atoms with Crippen molar-refractivity contribution >= 4 is 19.6 Å². The number of hydrogen-bond acceptors (Lipinski definition) is 6. The van der Waals surface area contributed by atoms with E-state index in [0.29, 0.717) is 25.9 Å². The average Bonchev–Trinajstić information content (AvgIpc) is 2.50. The summed E-state index contributed by atoms with van der Waals surface area (Å²) in [5.74, 6) is -0.816. The molecular weight excluding hydrogens is 335 g/mol. The maximum absolute atomic E-state index is 11.8. The van der Waals surface area contributed by atoms with Gasteiger partial charge in [-0.15, -0.1) is 0 Å². The van der Waals surface area contributed by atoms with Gasteiger partial charge in [0.2, 0.25) is 11.8 Å². The number of nitrogens with zero attached hydrogens (tertiary/aromatic N) is 2. The molecule has 0 radical (unpaired) electrons. The highest BCUT2D eigenvalue weighted by Gasteiger charge is 2.22. The Morgan fingerprint density at radius 1 is 1.08 bits per heavy atom. The standard InChI is InChI=1S/C15H27N2O6P/c1-5-9-16(14(18)7-3)11-13(23-24(20,21)22)12-17(10-6-2)15(19)8-4/h7-8,13H,3-6,9-12H2,1-2H3,(H2,20,21,22). The predicted molar refractivity (Wildman–Crippen MR) is 88.8 cm³/mol. The number of amides is 2. The molecule has 0 unspecified atom stereocenters. The first kappa shape index (κ1) is 22.5. The van der Waals surface area contributed by atoms with Crippen LogP contribution >= 0.6 is 7.82 Å². The van der Waals surface area contributed by atoms with Crippen LogP contribution in [0.2, 0.25) is 0 Å². The molecule has 0 N–H and O–H groups in total. The van der Waals surface area contributed by atoms with Crippen molar-refractivity contribution in [1.29, 1.82) is 0 Å². The van der Waals surface area contributed by atoms with E-state index in [1.165, 1.54) is 9.80 Å². The second-order valence-corrected chi connectivity index (χ2v) is 6.26. The first-order valence-electron chi connectivity index (χ1n) is 7.71. The van der Waals surface area contributed by atoms with E-state index in [0.717, 1.165) is 12.2 Å². The third-order valence-electron chi connectivity index (χ3n) is 3.09. The van der Waals surface area contributed by atoms with Gasteiger partial charge in [-0.05, 0) is 25.0 Å². The van der Waals surface area contributed by atoms with Crippen molar-refractivity contribution < 1.29 is 31.3 Å². The van der Waals surface area contributed by atoms with E-state index in [4.69, 9.17) is 0 Å². The first-order valence-corrected chi connectivity index (χ1v) is 9.17. The molecule has 8 nitrogen and oxygen atoms in total. The molecule has 0 aromatic heterocycles. The van der Waals surface area contributed by atoms with E-state index in [1.54, 1.807) is 0 Å². The summed E-state index contributed by atoms with van der Waals surface area (Å²) < 4.78 is 15.6. The highest BCUT2D eigenvalue weighted by Crippen LogP contribution is 2.28. The van der Waals surface area contributed by atoms with Crippen molar-refractivity contribution in [3.63, 3.8) is 0 Å². The zero-order chi connectivity index (χ0) is 18.8. The van der Waals surface area contributed by atoms with Crippen molar-refractivity contribution in [2.75, 3.05) is 26.2 Å². The molecule has 0 saturated heterocycles. The Morgan fingerprint density at radius 3 is 1.71 bits per heavy atom. The van der Waals surface area contributed by atoms with Gasteiger partial charge in [-0.2, -0.15) is 0 Å². The lowest BCUT2D eigenvalue weighted by Gasteiger charge is -2.37. The zero-order valence-corrected chi connectivity index (χ0v) is 15.1. The van der Waals surface area contributed by atoms with Crippen LogP contribution in [0.25, 0.3) is 0 Å². The molecule has 0 bridgehead atoms. The highest BCUT2D eigenvalue weighted by molar-refractivity contribution is 7.43. The second-order valence-electron chi connectivity index (χ2n) is 5.15. The zero-order valence-electron chi connectivity index (χ0n) is 16.2. The Bertz CT molecular complexity index is 469. The van der Waals surface area contributed by atoms with Crippen molar-refractivity contribution in [2.45, 2.75) is 32.8 Å². The highest BCUT2D eigenvalue weighted by atomic mass is 31.2. The van der Waals surface area contributed by atoms with E-state index in [9.17, 15) is 23.9 Å². The summed E-state index contributed by atoms with van der Waals surface area (Å²) in [4.78, 5) is 48.3. The number of carbonyl (C=O) groups is 2. The molecule has 0 aliphatic heterocycles. The van der Waals surface area contributed by atoms with Gasteiger partial charge in [-0.1, -0.05) is 27.0 Å². The fraction of sp³-hybridized carbons (Fsp3) is 0.600. The van der Waals surface area contributed by atoms with Crippen LogP contribution in [0.1, 0.15) is 29.5 Å². The fourth-order valence-corrected chi connectivity index (χ4v) is 2.68. The van der Waals surface area contributed by atoms with Crippen molar-refractivity contribution in [2.24, 2.45) is 0 Å². The fourth-order valence-electron chi connectivity index (χ4n) is 2.18. The molecule has 0 aromatic carbocycles. The molecule has 0 spiro atoms. The summed E-state index contributed by atoms with van der Waals surface area (Å²) >= 11 is 0. The number of rotatable bonds is 12. The molecule has 0 atom stereocenters. The minimum absolute atomic E-state index is 0. The molecule has 0 aliphatic carbocycles. The molecular formula is C15H27N2O6P. The lowest BCUT2D eigenvalue weighted by Crippen LogP contribution is -2.46. The molecule has 0 aliphatic rings. The maximum atomic E-state index is 11.8. The van der Waals surface area contributed by atoms with Crippen LogP contribution in [-0.2, 0) is 18.7 Å². The SMILES string of the molecule is C=CC(=O)N(CCC)CC(CN(CCC)C(=O)C=C)OP(=O)([O-])[O-].[H+].[H+]. The molecule has 0 rings (SSSR count). The van der Waals surface area contributed by atoms with Gasteiger partial charge >= 0.3 is 2.85 Å². The van der Waals surface area contributed by atoms with Crippen LogP contribution in [0.4, 0.5) is 0 Å². The summed E-state index contributed by atoms with van der Waals surface area (Å²) in [5.41, 5.74) is 0. The van der Waals surface area contributed by atoms with Gasteiger partial charge < -0.3 is 28.7 Å². The molecule has 138 valence electrons. The van der Waals surface area contributed by atoms with Crippen molar-refractivity contribution in [1.82, 2.24) is 9.80 Å². The van der Waals surface area contributed by atoms with Gasteiger partial charge in [-0.3, -0.25) is 9.59 Å². The summed E-state index contributed by atoms with van der Waals surface area (Å²) in [6.07, 6.45) is 2.29. The van der Waals surface area contributed by atoms with Crippen LogP contribution < -0.4 is 9.79 Å². The Morgan fingerprint density at radius 2 is 1.46 bits per heavy atom. The minimum atomic E-state index is -5.28. The number of carbonyl (C=O) groups excluding carboxylic acids is 2. The summed E-state index contributed by atoms with van der Waals surface area (Å²) in [7, 11) is -5.28. The second kappa shape index (κ2) is 11.1. The molecule has 0 heterocycles. The molecule has 0 aromatic rings. The normalized spacial score (nSPS) is 11.2. The monoisotopic (exact) mass is 362 g/mol. The van der Waals surface area contributed by atoms with Crippen molar-refractivity contribution in [3.8, 4) is 0 Å². The number of phosphoric acid groups is 1. The van der Waals surface area contributed by atoms with Gasteiger partial charge in [0.1, 0.15) is 0 Å². The third-order valence-corrected chi connectivity index (χ3v) is 3.64. The van der Waals surface area contributed by atoms with Crippen LogP contribution in [0, 0.1) is 0 Å². The van der Waals surface area contributed by atoms with Crippen LogP contribution in [-0.4, -0.2) is 53.9 Å².